The maximum Gasteiger partial charge on any atom is 0.0504 e. The van der Waals surface area contributed by atoms with Gasteiger partial charge in [-0.05, 0) is 30.7 Å². The van der Waals surface area contributed by atoms with Gasteiger partial charge in [0.2, 0.25) is 0 Å². The Kier molecular flexibility index (Phi) is 3.07. The second-order valence-electron chi connectivity index (χ2n) is 6.48. The number of fused-ring (bicyclic) bond motifs is 2. The van der Waals surface area contributed by atoms with E-state index >= 15 is 0 Å². The summed E-state index contributed by atoms with van der Waals surface area (Å²) in [7, 11) is 2.14. The van der Waals surface area contributed by atoms with E-state index in [2.05, 4.69) is 94.7 Å². The molecular weight excluding hydrogens is 306 g/mol. The fourth-order valence-electron chi connectivity index (χ4n) is 3.77. The van der Waals surface area contributed by atoms with E-state index in [0.717, 1.165) is 6.42 Å². The van der Waals surface area contributed by atoms with Gasteiger partial charge in [0.25, 0.3) is 0 Å². The van der Waals surface area contributed by atoms with Crippen LogP contribution >= 0.6 is 0 Å². The number of benzene rings is 1. The number of hydrogen-bond donors (Lipinski definition) is 2. The van der Waals surface area contributed by atoms with Crippen molar-refractivity contribution in [2.45, 2.75) is 6.42 Å². The fraction of sp³-hybridized carbons (Fsp3) is 0.0909. The average molecular weight is 325 g/mol. The Balaban J connectivity index is 1.67. The van der Waals surface area contributed by atoms with Gasteiger partial charge in [0, 0.05) is 52.7 Å². The fourth-order valence-corrected chi connectivity index (χ4v) is 3.77. The van der Waals surface area contributed by atoms with E-state index in [1.165, 1.54) is 44.7 Å². The van der Waals surface area contributed by atoms with Gasteiger partial charge < -0.3 is 14.5 Å². The molecule has 1 aliphatic carbocycles. The lowest BCUT2D eigenvalue weighted by Crippen LogP contribution is -1.94. The first-order valence-corrected chi connectivity index (χ1v) is 8.60. The lowest BCUT2D eigenvalue weighted by Gasteiger charge is -2.08. The second kappa shape index (κ2) is 5.42. The lowest BCUT2D eigenvalue weighted by molar-refractivity contribution is 0.947. The largest absolute Gasteiger partial charge is 0.360 e. The van der Waals surface area contributed by atoms with Crippen molar-refractivity contribution in [1.29, 1.82) is 0 Å². The number of rotatable bonds is 2. The third-order valence-electron chi connectivity index (χ3n) is 5.06. The molecule has 0 unspecified atom stereocenters. The molecule has 3 heterocycles. The van der Waals surface area contributed by atoms with Crippen molar-refractivity contribution in [2.24, 2.45) is 7.05 Å². The van der Waals surface area contributed by atoms with E-state index in [1.54, 1.807) is 0 Å². The van der Waals surface area contributed by atoms with E-state index in [0.29, 0.717) is 0 Å². The molecule has 0 saturated heterocycles. The molecule has 0 bridgehead atoms. The topological polar surface area (TPSA) is 36.5 Å². The number of aromatic nitrogens is 3. The Bertz CT molecular complexity index is 1130. The maximum absolute atomic E-state index is 3.41. The zero-order chi connectivity index (χ0) is 16.8. The van der Waals surface area contributed by atoms with Crippen LogP contribution in [0.5, 0.6) is 0 Å². The SMILES string of the molecule is Cn1c(-c2c[nH]c3c2C=CCC=C3)ccc1-c1c[nH]c2ccccc12. The maximum atomic E-state index is 3.41. The van der Waals surface area contributed by atoms with Gasteiger partial charge in [-0.1, -0.05) is 36.4 Å². The van der Waals surface area contributed by atoms with Crippen molar-refractivity contribution in [3.05, 3.63) is 72.2 Å². The van der Waals surface area contributed by atoms with Gasteiger partial charge in [-0.2, -0.15) is 0 Å². The van der Waals surface area contributed by atoms with Gasteiger partial charge in [-0.15, -0.1) is 0 Å². The smallest absolute Gasteiger partial charge is 0.0504 e. The summed E-state index contributed by atoms with van der Waals surface area (Å²) in [5.74, 6) is 0. The molecule has 0 aliphatic heterocycles. The standard InChI is InChI=1S/C22H19N3/c1-25-21(17-13-23-19-9-4-2-3-7-15(17)19)11-12-22(25)18-14-24-20-10-6-5-8-16(18)20/h3-14,23-24H,2H2,1H3. The molecule has 3 aromatic heterocycles. The molecule has 5 rings (SSSR count). The van der Waals surface area contributed by atoms with Crippen molar-refractivity contribution in [3.8, 4) is 22.5 Å². The highest BCUT2D eigenvalue weighted by Gasteiger charge is 2.16. The molecule has 4 aromatic rings. The molecule has 0 spiro atoms. The van der Waals surface area contributed by atoms with Gasteiger partial charge in [0.05, 0.1) is 11.4 Å². The van der Waals surface area contributed by atoms with Crippen LogP contribution in [0.25, 0.3) is 45.6 Å². The predicted molar refractivity (Wildman–Crippen MR) is 105 cm³/mol. The summed E-state index contributed by atoms with van der Waals surface area (Å²) in [6, 6.07) is 12.9. The molecule has 1 aliphatic rings. The van der Waals surface area contributed by atoms with Crippen LogP contribution in [-0.4, -0.2) is 14.5 Å². The number of hydrogen-bond acceptors (Lipinski definition) is 0. The van der Waals surface area contributed by atoms with Gasteiger partial charge in [0.15, 0.2) is 0 Å². The van der Waals surface area contributed by atoms with Crippen LogP contribution in [0.3, 0.4) is 0 Å². The molecular formula is C22H19N3. The number of para-hydroxylation sites is 1. The Morgan fingerprint density at radius 2 is 1.60 bits per heavy atom. The molecule has 0 amide bonds. The monoisotopic (exact) mass is 325 g/mol. The van der Waals surface area contributed by atoms with E-state index in [4.69, 9.17) is 0 Å². The minimum Gasteiger partial charge on any atom is -0.360 e. The van der Waals surface area contributed by atoms with Crippen LogP contribution in [0.15, 0.2) is 60.9 Å². The van der Waals surface area contributed by atoms with Crippen LogP contribution in [-0.2, 0) is 7.05 Å². The highest BCUT2D eigenvalue weighted by molar-refractivity contribution is 5.95. The van der Waals surface area contributed by atoms with E-state index in [-0.39, 0.29) is 0 Å². The molecule has 1 aromatic carbocycles. The van der Waals surface area contributed by atoms with Gasteiger partial charge in [-0.25, -0.2) is 0 Å². The second-order valence-corrected chi connectivity index (χ2v) is 6.48. The van der Waals surface area contributed by atoms with Crippen molar-refractivity contribution in [3.63, 3.8) is 0 Å². The van der Waals surface area contributed by atoms with Crippen molar-refractivity contribution in [2.75, 3.05) is 0 Å². The minimum absolute atomic E-state index is 0.982. The number of H-pyrrole nitrogens is 2. The zero-order valence-electron chi connectivity index (χ0n) is 14.1. The van der Waals surface area contributed by atoms with E-state index in [9.17, 15) is 0 Å². The predicted octanol–water partition coefficient (Wildman–Crippen LogP) is 5.60. The summed E-state index contributed by atoms with van der Waals surface area (Å²) in [5, 5.41) is 1.26. The molecule has 25 heavy (non-hydrogen) atoms. The first-order valence-electron chi connectivity index (χ1n) is 8.60. The highest BCUT2D eigenvalue weighted by Crippen LogP contribution is 2.35. The van der Waals surface area contributed by atoms with Crippen LogP contribution in [0.4, 0.5) is 0 Å². The lowest BCUT2D eigenvalue weighted by atomic mass is 10.1. The normalized spacial score (nSPS) is 13.3. The molecule has 2 N–H and O–H groups in total. The molecule has 0 radical (unpaired) electrons. The quantitative estimate of drug-likeness (QED) is 0.481. The summed E-state index contributed by atoms with van der Waals surface area (Å²) in [4.78, 5) is 6.78. The molecule has 0 saturated carbocycles. The molecule has 0 fully saturated rings. The Hall–Kier alpha value is -3.20. The Morgan fingerprint density at radius 1 is 0.840 bits per heavy atom. The van der Waals surface area contributed by atoms with Crippen LogP contribution in [0.2, 0.25) is 0 Å². The van der Waals surface area contributed by atoms with E-state index in [1.807, 2.05) is 0 Å². The minimum atomic E-state index is 0.982. The van der Waals surface area contributed by atoms with Gasteiger partial charge >= 0.3 is 0 Å². The third kappa shape index (κ3) is 2.13. The zero-order valence-corrected chi connectivity index (χ0v) is 14.1. The van der Waals surface area contributed by atoms with Crippen molar-refractivity contribution < 1.29 is 0 Å². The summed E-state index contributed by atoms with van der Waals surface area (Å²) in [6.45, 7) is 0. The van der Waals surface area contributed by atoms with Crippen LogP contribution < -0.4 is 0 Å². The molecule has 0 atom stereocenters. The summed E-state index contributed by atoms with van der Waals surface area (Å²) in [6.07, 6.45) is 14.0. The number of nitrogens with zero attached hydrogens (tertiary/aromatic N) is 1. The summed E-state index contributed by atoms with van der Waals surface area (Å²) in [5.41, 5.74) is 8.53. The van der Waals surface area contributed by atoms with Crippen LogP contribution in [0, 0.1) is 0 Å². The molecule has 122 valence electrons. The van der Waals surface area contributed by atoms with Gasteiger partial charge in [-0.3, -0.25) is 0 Å². The van der Waals surface area contributed by atoms with E-state index < -0.39 is 0 Å². The molecule has 3 nitrogen and oxygen atoms in total. The van der Waals surface area contributed by atoms with Crippen LogP contribution in [0.1, 0.15) is 17.7 Å². The molecule has 3 heteroatoms. The van der Waals surface area contributed by atoms with Crippen molar-refractivity contribution >= 4 is 23.1 Å². The summed E-state index contributed by atoms with van der Waals surface area (Å²) < 4.78 is 2.28. The Morgan fingerprint density at radius 3 is 2.52 bits per heavy atom. The number of nitrogens with one attached hydrogen (secondary N) is 2. The first kappa shape index (κ1) is 14.2. The number of allylic oxidation sites excluding steroid dienone is 2. The Labute approximate surface area is 146 Å². The third-order valence-corrected chi connectivity index (χ3v) is 5.06. The number of aromatic amines is 2. The first-order chi connectivity index (χ1) is 12.3. The highest BCUT2D eigenvalue weighted by atomic mass is 15.0. The van der Waals surface area contributed by atoms with Gasteiger partial charge in [0.1, 0.15) is 0 Å². The van der Waals surface area contributed by atoms with Crippen molar-refractivity contribution in [1.82, 2.24) is 14.5 Å². The average Bonchev–Trinajstić information content (AvgIpc) is 3.28. The summed E-state index contributed by atoms with van der Waals surface area (Å²) >= 11 is 0.